The highest BCUT2D eigenvalue weighted by molar-refractivity contribution is 7.71. The topological polar surface area (TPSA) is 41.0 Å². The number of amides is 1. The Bertz CT molecular complexity index is 352. The summed E-state index contributed by atoms with van der Waals surface area (Å²) in [6, 6.07) is -0.242. The lowest BCUT2D eigenvalue weighted by atomic mass is 10.3. The van der Waals surface area contributed by atoms with Gasteiger partial charge in [-0.05, 0) is 19.1 Å². The van der Waals surface area contributed by atoms with Gasteiger partial charge in [-0.15, -0.1) is 0 Å². The standard InChI is InChI=1S/C8H13N3OS/c1-6(7(12)10(2)3)11-5-4-9-8(11)13/h4-6H,1-3H3,(H,9,13). The summed E-state index contributed by atoms with van der Waals surface area (Å²) < 4.78 is 2.31. The molecule has 0 spiro atoms. The largest absolute Gasteiger partial charge is 0.347 e. The predicted molar refractivity (Wildman–Crippen MR) is 53.0 cm³/mol. The molecule has 4 nitrogen and oxygen atoms in total. The number of hydrogen-bond donors (Lipinski definition) is 1. The summed E-state index contributed by atoms with van der Waals surface area (Å²) in [7, 11) is 3.46. The van der Waals surface area contributed by atoms with Crippen LogP contribution in [0.15, 0.2) is 12.4 Å². The van der Waals surface area contributed by atoms with E-state index in [1.165, 1.54) is 0 Å². The van der Waals surface area contributed by atoms with Gasteiger partial charge in [0, 0.05) is 26.5 Å². The summed E-state index contributed by atoms with van der Waals surface area (Å²) >= 11 is 5.00. The number of carbonyl (C=O) groups excluding carboxylic acids is 1. The first-order chi connectivity index (χ1) is 6.04. The summed E-state index contributed by atoms with van der Waals surface area (Å²) in [4.78, 5) is 15.9. The van der Waals surface area contributed by atoms with Crippen LogP contribution in [0.2, 0.25) is 0 Å². The van der Waals surface area contributed by atoms with Crippen molar-refractivity contribution in [2.75, 3.05) is 14.1 Å². The van der Waals surface area contributed by atoms with E-state index < -0.39 is 0 Å². The van der Waals surface area contributed by atoms with E-state index in [9.17, 15) is 4.79 Å². The van der Waals surface area contributed by atoms with Crippen LogP contribution in [0.5, 0.6) is 0 Å². The normalized spacial score (nSPS) is 12.5. The number of aromatic amines is 1. The summed E-state index contributed by atoms with van der Waals surface area (Å²) in [5.74, 6) is 0.0377. The molecule has 0 bridgehead atoms. The lowest BCUT2D eigenvalue weighted by Gasteiger charge is -2.17. The van der Waals surface area contributed by atoms with Crippen LogP contribution in [0.3, 0.4) is 0 Å². The van der Waals surface area contributed by atoms with Gasteiger partial charge < -0.3 is 14.5 Å². The van der Waals surface area contributed by atoms with Crippen molar-refractivity contribution in [1.82, 2.24) is 14.5 Å². The molecule has 1 amide bonds. The molecule has 0 saturated heterocycles. The number of H-pyrrole nitrogens is 1. The lowest BCUT2D eigenvalue weighted by molar-refractivity contribution is -0.131. The minimum absolute atomic E-state index is 0.0377. The van der Waals surface area contributed by atoms with Crippen molar-refractivity contribution in [1.29, 1.82) is 0 Å². The maximum atomic E-state index is 11.5. The highest BCUT2D eigenvalue weighted by Crippen LogP contribution is 2.08. The van der Waals surface area contributed by atoms with Gasteiger partial charge >= 0.3 is 0 Å². The first-order valence-electron chi connectivity index (χ1n) is 4.00. The maximum absolute atomic E-state index is 11.5. The van der Waals surface area contributed by atoms with E-state index in [1.807, 2.05) is 6.92 Å². The Morgan fingerprint density at radius 1 is 1.69 bits per heavy atom. The number of carbonyl (C=O) groups is 1. The summed E-state index contributed by atoms with van der Waals surface area (Å²) in [6.45, 7) is 1.83. The van der Waals surface area contributed by atoms with Gasteiger partial charge in [-0.1, -0.05) is 0 Å². The van der Waals surface area contributed by atoms with Gasteiger partial charge in [-0.2, -0.15) is 0 Å². The molecular formula is C8H13N3OS. The SMILES string of the molecule is CC(C(=O)N(C)C)n1cc[nH]c1=S. The fourth-order valence-electron chi connectivity index (χ4n) is 1.13. The van der Waals surface area contributed by atoms with Gasteiger partial charge in [0.2, 0.25) is 5.91 Å². The smallest absolute Gasteiger partial charge is 0.244 e. The Morgan fingerprint density at radius 3 is 2.69 bits per heavy atom. The third-order valence-electron chi connectivity index (χ3n) is 1.89. The Kier molecular flexibility index (Phi) is 2.87. The van der Waals surface area contributed by atoms with Crippen LogP contribution >= 0.6 is 12.2 Å². The Balaban J connectivity index is 2.92. The highest BCUT2D eigenvalue weighted by Gasteiger charge is 2.16. The molecule has 0 aliphatic heterocycles. The third-order valence-corrected chi connectivity index (χ3v) is 2.22. The molecule has 13 heavy (non-hydrogen) atoms. The van der Waals surface area contributed by atoms with Gasteiger partial charge in [0.05, 0.1) is 0 Å². The molecule has 0 aromatic carbocycles. The third kappa shape index (κ3) is 1.98. The number of rotatable bonds is 2. The molecule has 1 aromatic rings. The Morgan fingerprint density at radius 2 is 2.31 bits per heavy atom. The maximum Gasteiger partial charge on any atom is 0.244 e. The van der Waals surface area contributed by atoms with Gasteiger partial charge in [0.1, 0.15) is 6.04 Å². The highest BCUT2D eigenvalue weighted by atomic mass is 32.1. The quantitative estimate of drug-likeness (QED) is 0.727. The zero-order valence-corrected chi connectivity index (χ0v) is 8.76. The van der Waals surface area contributed by atoms with Crippen LogP contribution in [0.1, 0.15) is 13.0 Å². The number of nitrogens with one attached hydrogen (secondary N) is 1. The van der Waals surface area contributed by atoms with E-state index in [1.54, 1.807) is 36.0 Å². The monoisotopic (exact) mass is 199 g/mol. The molecule has 0 aliphatic rings. The average Bonchev–Trinajstić information content (AvgIpc) is 2.48. The first-order valence-corrected chi connectivity index (χ1v) is 4.41. The molecule has 1 rings (SSSR count). The van der Waals surface area contributed by atoms with Gasteiger partial charge in [0.25, 0.3) is 0 Å². The molecule has 1 atom stereocenters. The predicted octanol–water partition coefficient (Wildman–Crippen LogP) is 1.19. The van der Waals surface area contributed by atoms with E-state index in [0.717, 1.165) is 0 Å². The average molecular weight is 199 g/mol. The van der Waals surface area contributed by atoms with Crippen LogP contribution in [0.25, 0.3) is 0 Å². The lowest BCUT2D eigenvalue weighted by Crippen LogP contribution is -2.29. The van der Waals surface area contributed by atoms with E-state index in [-0.39, 0.29) is 11.9 Å². The first kappa shape index (κ1) is 9.98. The van der Waals surface area contributed by atoms with Crippen molar-refractivity contribution in [3.8, 4) is 0 Å². The minimum atomic E-state index is -0.242. The number of aromatic nitrogens is 2. The van der Waals surface area contributed by atoms with Gasteiger partial charge in [-0.3, -0.25) is 4.79 Å². The number of nitrogens with zero attached hydrogens (tertiary/aromatic N) is 2. The second-order valence-electron chi connectivity index (χ2n) is 3.08. The van der Waals surface area contributed by atoms with Crippen molar-refractivity contribution in [3.05, 3.63) is 17.2 Å². The van der Waals surface area contributed by atoms with Crippen molar-refractivity contribution in [2.45, 2.75) is 13.0 Å². The van der Waals surface area contributed by atoms with Crippen molar-refractivity contribution < 1.29 is 4.79 Å². The molecule has 72 valence electrons. The van der Waals surface area contributed by atoms with E-state index >= 15 is 0 Å². The molecule has 0 fully saturated rings. The van der Waals surface area contributed by atoms with Crippen LogP contribution < -0.4 is 0 Å². The second kappa shape index (κ2) is 3.74. The van der Waals surface area contributed by atoms with Crippen molar-refractivity contribution in [3.63, 3.8) is 0 Å². The van der Waals surface area contributed by atoms with Crippen LogP contribution in [-0.4, -0.2) is 34.5 Å². The number of hydrogen-bond acceptors (Lipinski definition) is 2. The molecule has 0 radical (unpaired) electrons. The molecule has 0 saturated carbocycles. The van der Waals surface area contributed by atoms with E-state index in [0.29, 0.717) is 4.77 Å². The van der Waals surface area contributed by atoms with Crippen LogP contribution in [0.4, 0.5) is 0 Å². The summed E-state index contributed by atoms with van der Waals surface area (Å²) in [6.07, 6.45) is 3.50. The fraction of sp³-hybridized carbons (Fsp3) is 0.500. The second-order valence-corrected chi connectivity index (χ2v) is 3.47. The molecular weight excluding hydrogens is 186 g/mol. The molecule has 1 heterocycles. The van der Waals surface area contributed by atoms with E-state index in [2.05, 4.69) is 4.98 Å². The fourth-order valence-corrected chi connectivity index (χ4v) is 1.42. The number of likely N-dealkylation sites (N-methyl/N-ethyl adjacent to an activating group) is 1. The molecule has 0 aliphatic carbocycles. The molecule has 1 aromatic heterocycles. The zero-order chi connectivity index (χ0) is 10.0. The van der Waals surface area contributed by atoms with Crippen molar-refractivity contribution in [2.24, 2.45) is 0 Å². The summed E-state index contributed by atoms with van der Waals surface area (Å²) in [5.41, 5.74) is 0. The zero-order valence-electron chi connectivity index (χ0n) is 7.94. The Hall–Kier alpha value is -1.10. The molecule has 5 heteroatoms. The molecule has 1 N–H and O–H groups in total. The summed E-state index contributed by atoms with van der Waals surface area (Å²) in [5, 5.41) is 0. The van der Waals surface area contributed by atoms with Gasteiger partial charge in [-0.25, -0.2) is 0 Å². The number of imidazole rings is 1. The van der Waals surface area contributed by atoms with Crippen molar-refractivity contribution >= 4 is 18.1 Å². The minimum Gasteiger partial charge on any atom is -0.347 e. The Labute approximate surface area is 82.2 Å². The van der Waals surface area contributed by atoms with Gasteiger partial charge in [0.15, 0.2) is 4.77 Å². The van der Waals surface area contributed by atoms with Crippen LogP contribution in [-0.2, 0) is 4.79 Å². The molecule has 1 unspecified atom stereocenters. The van der Waals surface area contributed by atoms with Crippen LogP contribution in [0, 0.1) is 4.77 Å². The van der Waals surface area contributed by atoms with E-state index in [4.69, 9.17) is 12.2 Å².